The zero-order valence-corrected chi connectivity index (χ0v) is 12.4. The van der Waals surface area contributed by atoms with Crippen molar-refractivity contribution in [2.45, 2.75) is 38.6 Å². The fourth-order valence-electron chi connectivity index (χ4n) is 1.19. The third-order valence-electron chi connectivity index (χ3n) is 2.25. The SMILES string of the molecule is C/C(=N/[S+]([O-])C(C)(C)C)c1cc(N)cc(C(F)(F)F)n1. The highest BCUT2D eigenvalue weighted by atomic mass is 32.2. The average molecular weight is 307 g/mol. The molecule has 0 saturated carbocycles. The van der Waals surface area contributed by atoms with Gasteiger partial charge in [-0.05, 0) is 39.8 Å². The molecule has 1 heterocycles. The van der Waals surface area contributed by atoms with Gasteiger partial charge in [-0.15, -0.1) is 0 Å². The number of nitrogen functional groups attached to an aromatic ring is 1. The van der Waals surface area contributed by atoms with E-state index in [1.165, 1.54) is 13.0 Å². The van der Waals surface area contributed by atoms with E-state index < -0.39 is 28.0 Å². The molecule has 0 radical (unpaired) electrons. The zero-order chi connectivity index (χ0) is 15.7. The standard InChI is InChI=1S/C12H16F3N3OS/c1-7(18-20(19)11(2,3)4)9-5-8(16)6-10(17-9)12(13,14)15/h5-6H,1-4H3,(H2,16,17)/b18-7-. The van der Waals surface area contributed by atoms with Crippen molar-refractivity contribution in [3.05, 3.63) is 23.5 Å². The molecule has 1 rings (SSSR count). The van der Waals surface area contributed by atoms with E-state index in [4.69, 9.17) is 5.73 Å². The number of halogens is 3. The first-order valence-corrected chi connectivity index (χ1v) is 6.84. The first-order chi connectivity index (χ1) is 8.91. The van der Waals surface area contributed by atoms with Crippen LogP contribution in [0.5, 0.6) is 0 Å². The maximum atomic E-state index is 12.6. The Morgan fingerprint density at radius 2 is 1.85 bits per heavy atom. The quantitative estimate of drug-likeness (QED) is 0.674. The van der Waals surface area contributed by atoms with E-state index in [0.717, 1.165) is 6.07 Å². The number of anilines is 1. The number of nitrogens with two attached hydrogens (primary N) is 1. The van der Waals surface area contributed by atoms with Crippen LogP contribution < -0.4 is 5.73 Å². The summed E-state index contributed by atoms with van der Waals surface area (Å²) in [6, 6.07) is 2.02. The van der Waals surface area contributed by atoms with Crippen LogP contribution in [0.25, 0.3) is 0 Å². The molecule has 0 spiro atoms. The van der Waals surface area contributed by atoms with E-state index in [-0.39, 0.29) is 17.1 Å². The molecule has 1 atom stereocenters. The maximum Gasteiger partial charge on any atom is 0.433 e. The Bertz CT molecular complexity index is 524. The molecule has 8 heteroatoms. The Labute approximate surface area is 118 Å². The topological polar surface area (TPSA) is 74.3 Å². The second-order valence-electron chi connectivity index (χ2n) is 5.21. The van der Waals surface area contributed by atoms with Gasteiger partial charge in [0.25, 0.3) is 0 Å². The Morgan fingerprint density at radius 1 is 1.30 bits per heavy atom. The number of hydrogen-bond acceptors (Lipinski definition) is 4. The van der Waals surface area contributed by atoms with Gasteiger partial charge in [-0.2, -0.15) is 13.2 Å². The Balaban J connectivity index is 3.20. The van der Waals surface area contributed by atoms with Gasteiger partial charge in [0.1, 0.15) is 27.5 Å². The van der Waals surface area contributed by atoms with Gasteiger partial charge in [-0.25, -0.2) is 4.98 Å². The van der Waals surface area contributed by atoms with Crippen molar-refractivity contribution in [3.63, 3.8) is 0 Å². The van der Waals surface area contributed by atoms with E-state index in [9.17, 15) is 17.7 Å². The van der Waals surface area contributed by atoms with Gasteiger partial charge >= 0.3 is 6.18 Å². The first kappa shape index (κ1) is 16.8. The van der Waals surface area contributed by atoms with E-state index in [0.29, 0.717) is 0 Å². The van der Waals surface area contributed by atoms with Crippen LogP contribution in [0.1, 0.15) is 39.1 Å². The summed E-state index contributed by atoms with van der Waals surface area (Å²) >= 11 is -1.58. The second kappa shape index (κ2) is 5.61. The van der Waals surface area contributed by atoms with Crippen molar-refractivity contribution in [3.8, 4) is 0 Å². The number of nitrogens with zero attached hydrogens (tertiary/aromatic N) is 2. The van der Waals surface area contributed by atoms with E-state index in [1.54, 1.807) is 20.8 Å². The number of aromatic nitrogens is 1. The lowest BCUT2D eigenvalue weighted by Crippen LogP contribution is -2.27. The van der Waals surface area contributed by atoms with Crippen LogP contribution in [0.3, 0.4) is 0 Å². The summed E-state index contributed by atoms with van der Waals surface area (Å²) in [5.74, 6) is 0. The molecule has 0 fully saturated rings. The number of pyridine rings is 1. The average Bonchev–Trinajstić information content (AvgIpc) is 2.25. The highest BCUT2D eigenvalue weighted by Gasteiger charge is 2.33. The summed E-state index contributed by atoms with van der Waals surface area (Å²) in [4.78, 5) is 3.47. The van der Waals surface area contributed by atoms with Crippen molar-refractivity contribution in [1.82, 2.24) is 4.98 Å². The molecule has 1 unspecified atom stereocenters. The molecule has 0 aliphatic heterocycles. The zero-order valence-electron chi connectivity index (χ0n) is 11.6. The van der Waals surface area contributed by atoms with Crippen LogP contribution in [0.4, 0.5) is 18.9 Å². The van der Waals surface area contributed by atoms with Crippen molar-refractivity contribution in [1.29, 1.82) is 0 Å². The predicted octanol–water partition coefficient (Wildman–Crippen LogP) is 2.95. The van der Waals surface area contributed by atoms with Crippen molar-refractivity contribution >= 4 is 22.8 Å². The van der Waals surface area contributed by atoms with Crippen LogP contribution in [-0.4, -0.2) is 20.0 Å². The van der Waals surface area contributed by atoms with Crippen LogP contribution in [0.15, 0.2) is 16.5 Å². The smallest absolute Gasteiger partial charge is 0.433 e. The first-order valence-electron chi connectivity index (χ1n) is 5.73. The van der Waals surface area contributed by atoms with Gasteiger partial charge in [0.2, 0.25) is 0 Å². The van der Waals surface area contributed by atoms with Gasteiger partial charge in [0.05, 0.1) is 5.69 Å². The van der Waals surface area contributed by atoms with Gasteiger partial charge in [0.15, 0.2) is 0 Å². The summed E-state index contributed by atoms with van der Waals surface area (Å²) in [5, 5.41) is 0. The molecule has 0 amide bonds. The summed E-state index contributed by atoms with van der Waals surface area (Å²) in [6.07, 6.45) is -4.59. The van der Waals surface area contributed by atoms with Gasteiger partial charge in [-0.1, -0.05) is 4.40 Å². The van der Waals surface area contributed by atoms with Crippen LogP contribution in [0.2, 0.25) is 0 Å². The highest BCUT2D eigenvalue weighted by molar-refractivity contribution is 7.91. The van der Waals surface area contributed by atoms with Crippen molar-refractivity contribution in [2.24, 2.45) is 4.40 Å². The van der Waals surface area contributed by atoms with Gasteiger partial charge < -0.3 is 10.3 Å². The van der Waals surface area contributed by atoms with Crippen LogP contribution in [0, 0.1) is 0 Å². The van der Waals surface area contributed by atoms with Gasteiger partial charge in [-0.3, -0.25) is 0 Å². The minimum absolute atomic E-state index is 0.0325. The summed E-state index contributed by atoms with van der Waals surface area (Å²) in [6.45, 7) is 6.60. The lowest BCUT2D eigenvalue weighted by atomic mass is 10.2. The third kappa shape index (κ3) is 4.38. The Kier molecular flexibility index (Phi) is 4.70. The molecule has 1 aromatic heterocycles. The molecule has 0 aromatic carbocycles. The molecule has 0 aliphatic rings. The normalized spacial score (nSPS) is 15.3. The molecular formula is C12H16F3N3OS. The number of alkyl halides is 3. The monoisotopic (exact) mass is 307 g/mol. The Hall–Kier alpha value is -1.28. The molecule has 0 bridgehead atoms. The maximum absolute atomic E-state index is 12.6. The second-order valence-corrected chi connectivity index (χ2v) is 7.11. The predicted molar refractivity (Wildman–Crippen MR) is 73.8 cm³/mol. The summed E-state index contributed by atoms with van der Waals surface area (Å²) in [7, 11) is 0. The third-order valence-corrected chi connectivity index (χ3v) is 3.74. The lowest BCUT2D eigenvalue weighted by molar-refractivity contribution is -0.141. The largest absolute Gasteiger partial charge is 0.591 e. The highest BCUT2D eigenvalue weighted by Crippen LogP contribution is 2.29. The van der Waals surface area contributed by atoms with E-state index >= 15 is 0 Å². The number of rotatable bonds is 2. The molecule has 0 aliphatic carbocycles. The molecule has 2 N–H and O–H groups in total. The van der Waals surface area contributed by atoms with Crippen LogP contribution >= 0.6 is 0 Å². The Morgan fingerprint density at radius 3 is 2.30 bits per heavy atom. The summed E-state index contributed by atoms with van der Waals surface area (Å²) < 4.78 is 53.1. The molecule has 1 aromatic rings. The minimum Gasteiger partial charge on any atom is -0.591 e. The fourth-order valence-corrected chi connectivity index (χ4v) is 1.81. The van der Waals surface area contributed by atoms with Gasteiger partial charge in [0, 0.05) is 5.69 Å². The van der Waals surface area contributed by atoms with E-state index in [2.05, 4.69) is 9.38 Å². The van der Waals surface area contributed by atoms with E-state index in [1.807, 2.05) is 0 Å². The molecule has 112 valence electrons. The van der Waals surface area contributed by atoms with Crippen molar-refractivity contribution in [2.75, 3.05) is 5.73 Å². The van der Waals surface area contributed by atoms with Crippen LogP contribution in [-0.2, 0) is 17.5 Å². The lowest BCUT2D eigenvalue weighted by Gasteiger charge is -2.18. The molecule has 0 saturated heterocycles. The fraction of sp³-hybridized carbons (Fsp3) is 0.500. The minimum atomic E-state index is -4.59. The number of hydrogen-bond donors (Lipinski definition) is 1. The molecule has 20 heavy (non-hydrogen) atoms. The molecular weight excluding hydrogens is 291 g/mol. The van der Waals surface area contributed by atoms with Crippen molar-refractivity contribution < 1.29 is 17.7 Å². The summed E-state index contributed by atoms with van der Waals surface area (Å²) in [5.41, 5.74) is 4.39. The molecule has 4 nitrogen and oxygen atoms in total.